The maximum atomic E-state index is 12.1. The Morgan fingerprint density at radius 2 is 2.10 bits per heavy atom. The third-order valence-corrected chi connectivity index (χ3v) is 4.44. The lowest BCUT2D eigenvalue weighted by atomic mass is 10.2. The lowest BCUT2D eigenvalue weighted by Crippen LogP contribution is -2.24. The number of hydrogen-bond acceptors (Lipinski definition) is 3. The molecule has 1 aromatic carbocycles. The van der Waals surface area contributed by atoms with Crippen molar-refractivity contribution in [1.29, 1.82) is 0 Å². The second kappa shape index (κ2) is 6.35. The van der Waals surface area contributed by atoms with E-state index in [0.29, 0.717) is 23.6 Å². The highest BCUT2D eigenvalue weighted by molar-refractivity contribution is 7.89. The lowest BCUT2D eigenvalue weighted by Gasteiger charge is -2.06. The summed E-state index contributed by atoms with van der Waals surface area (Å²) in [5, 5.41) is 1.13. The van der Waals surface area contributed by atoms with Crippen LogP contribution in [0.1, 0.15) is 13.3 Å². The van der Waals surface area contributed by atoms with Gasteiger partial charge in [0.2, 0.25) is 10.0 Å². The van der Waals surface area contributed by atoms with E-state index < -0.39 is 10.0 Å². The van der Waals surface area contributed by atoms with Crippen LogP contribution in [0.15, 0.2) is 47.4 Å². The van der Waals surface area contributed by atoms with E-state index in [1.165, 1.54) is 6.07 Å². The van der Waals surface area contributed by atoms with Gasteiger partial charge in [-0.1, -0.05) is 23.8 Å². The summed E-state index contributed by atoms with van der Waals surface area (Å²) >= 11 is 5.80. The fourth-order valence-electron chi connectivity index (χ4n) is 1.77. The average Bonchev–Trinajstić information content (AvgIpc) is 2.43. The molecular weight excluding hydrogens is 296 g/mol. The lowest BCUT2D eigenvalue weighted by molar-refractivity contribution is 0.582. The molecular formula is C14H15ClN2O2S. The van der Waals surface area contributed by atoms with Gasteiger partial charge in [0.1, 0.15) is 5.15 Å². The number of nitrogens with zero attached hydrogens (tertiary/aromatic N) is 1. The van der Waals surface area contributed by atoms with E-state index in [1.807, 2.05) is 19.1 Å². The van der Waals surface area contributed by atoms with Gasteiger partial charge < -0.3 is 0 Å². The number of hydrogen-bond donors (Lipinski definition) is 1. The highest BCUT2D eigenvalue weighted by Crippen LogP contribution is 2.19. The highest BCUT2D eigenvalue weighted by Gasteiger charge is 2.13. The van der Waals surface area contributed by atoms with Gasteiger partial charge in [0.05, 0.1) is 10.4 Å². The normalized spacial score (nSPS) is 12.3. The van der Waals surface area contributed by atoms with Crippen LogP contribution in [0, 0.1) is 0 Å². The molecule has 0 aliphatic rings. The zero-order valence-electron chi connectivity index (χ0n) is 11.0. The summed E-state index contributed by atoms with van der Waals surface area (Å²) in [7, 11) is -3.49. The molecule has 106 valence electrons. The van der Waals surface area contributed by atoms with Crippen LogP contribution in [0.2, 0.25) is 5.15 Å². The fourth-order valence-corrected chi connectivity index (χ4v) is 3.01. The van der Waals surface area contributed by atoms with Crippen LogP contribution in [0.3, 0.4) is 0 Å². The Labute approximate surface area is 123 Å². The first kappa shape index (κ1) is 15.0. The van der Waals surface area contributed by atoms with Crippen molar-refractivity contribution < 1.29 is 8.42 Å². The molecule has 0 amide bonds. The molecule has 0 saturated carbocycles. The van der Waals surface area contributed by atoms with E-state index in [2.05, 4.69) is 9.71 Å². The number of benzene rings is 1. The molecule has 2 rings (SSSR count). The zero-order chi connectivity index (χ0) is 14.6. The van der Waals surface area contributed by atoms with E-state index in [-0.39, 0.29) is 4.90 Å². The first-order valence-corrected chi connectivity index (χ1v) is 8.06. The predicted molar refractivity (Wildman–Crippen MR) is 81.4 cm³/mol. The largest absolute Gasteiger partial charge is 0.240 e. The Bertz CT molecular complexity index is 742. The molecule has 6 heteroatoms. The van der Waals surface area contributed by atoms with Crippen LogP contribution in [0.25, 0.3) is 10.9 Å². The first-order chi connectivity index (χ1) is 9.53. The summed E-state index contributed by atoms with van der Waals surface area (Å²) in [6.07, 6.45) is 4.47. The Balaban J connectivity index is 2.25. The first-order valence-electron chi connectivity index (χ1n) is 6.20. The number of rotatable bonds is 5. The topological polar surface area (TPSA) is 59.1 Å². The van der Waals surface area contributed by atoms with Gasteiger partial charge in [0.25, 0.3) is 0 Å². The van der Waals surface area contributed by atoms with Crippen molar-refractivity contribution in [2.45, 2.75) is 18.2 Å². The fraction of sp³-hybridized carbons (Fsp3) is 0.214. The molecule has 0 bridgehead atoms. The van der Waals surface area contributed by atoms with Crippen LogP contribution in [-0.2, 0) is 10.0 Å². The summed E-state index contributed by atoms with van der Waals surface area (Å²) in [6.45, 7) is 2.28. The van der Waals surface area contributed by atoms with Crippen molar-refractivity contribution in [3.63, 3.8) is 0 Å². The standard InChI is InChI=1S/C14H15ClN2O2S/c1-2-3-4-9-16-20(18,19)12-6-7-13-11(10-12)5-8-14(15)17-13/h2-3,5-8,10,16H,4,9H2,1H3/b3-2+. The van der Waals surface area contributed by atoms with Gasteiger partial charge >= 0.3 is 0 Å². The monoisotopic (exact) mass is 310 g/mol. The van der Waals surface area contributed by atoms with Crippen LogP contribution < -0.4 is 4.72 Å². The number of allylic oxidation sites excluding steroid dienone is 1. The van der Waals surface area contributed by atoms with E-state index >= 15 is 0 Å². The average molecular weight is 311 g/mol. The van der Waals surface area contributed by atoms with Crippen molar-refractivity contribution in [1.82, 2.24) is 9.71 Å². The summed E-state index contributed by atoms with van der Waals surface area (Å²) in [4.78, 5) is 4.36. The molecule has 1 aromatic heterocycles. The molecule has 20 heavy (non-hydrogen) atoms. The number of nitrogens with one attached hydrogen (secondary N) is 1. The molecule has 1 N–H and O–H groups in total. The molecule has 0 aliphatic heterocycles. The quantitative estimate of drug-likeness (QED) is 0.524. The number of halogens is 1. The van der Waals surface area contributed by atoms with E-state index in [9.17, 15) is 8.42 Å². The number of aromatic nitrogens is 1. The van der Waals surface area contributed by atoms with Crippen LogP contribution >= 0.6 is 11.6 Å². The van der Waals surface area contributed by atoms with E-state index in [0.717, 1.165) is 5.39 Å². The van der Waals surface area contributed by atoms with Crippen molar-refractivity contribution in [3.8, 4) is 0 Å². The molecule has 0 saturated heterocycles. The number of sulfonamides is 1. The Hall–Kier alpha value is -1.43. The van der Waals surface area contributed by atoms with Gasteiger partial charge in [0, 0.05) is 11.9 Å². The molecule has 2 aromatic rings. The number of pyridine rings is 1. The molecule has 0 radical (unpaired) electrons. The van der Waals surface area contributed by atoms with Gasteiger partial charge in [-0.25, -0.2) is 18.1 Å². The van der Waals surface area contributed by atoms with Crippen molar-refractivity contribution in [3.05, 3.63) is 47.6 Å². The van der Waals surface area contributed by atoms with Gasteiger partial charge in [0.15, 0.2) is 0 Å². The van der Waals surface area contributed by atoms with Crippen molar-refractivity contribution in [2.24, 2.45) is 0 Å². The van der Waals surface area contributed by atoms with Crippen LogP contribution in [-0.4, -0.2) is 19.9 Å². The van der Waals surface area contributed by atoms with E-state index in [4.69, 9.17) is 11.6 Å². The van der Waals surface area contributed by atoms with E-state index in [1.54, 1.807) is 24.3 Å². The summed E-state index contributed by atoms with van der Waals surface area (Å²) in [5.74, 6) is 0. The predicted octanol–water partition coefficient (Wildman–Crippen LogP) is 3.13. The summed E-state index contributed by atoms with van der Waals surface area (Å²) in [6, 6.07) is 8.17. The van der Waals surface area contributed by atoms with Gasteiger partial charge in [-0.15, -0.1) is 0 Å². The number of fused-ring (bicyclic) bond motifs is 1. The second-order valence-electron chi connectivity index (χ2n) is 4.24. The zero-order valence-corrected chi connectivity index (χ0v) is 12.6. The highest BCUT2D eigenvalue weighted by atomic mass is 35.5. The Kier molecular flexibility index (Phi) is 4.75. The molecule has 0 atom stereocenters. The smallest absolute Gasteiger partial charge is 0.236 e. The summed E-state index contributed by atoms with van der Waals surface area (Å²) in [5.41, 5.74) is 0.672. The molecule has 0 unspecified atom stereocenters. The molecule has 4 nitrogen and oxygen atoms in total. The third-order valence-electron chi connectivity index (χ3n) is 2.78. The van der Waals surface area contributed by atoms with Gasteiger partial charge in [-0.3, -0.25) is 0 Å². The maximum absolute atomic E-state index is 12.1. The van der Waals surface area contributed by atoms with Gasteiger partial charge in [-0.2, -0.15) is 0 Å². The maximum Gasteiger partial charge on any atom is 0.240 e. The summed E-state index contributed by atoms with van der Waals surface area (Å²) < 4.78 is 26.8. The van der Waals surface area contributed by atoms with Crippen molar-refractivity contribution in [2.75, 3.05) is 6.54 Å². The minimum Gasteiger partial charge on any atom is -0.236 e. The van der Waals surface area contributed by atoms with Crippen LogP contribution in [0.4, 0.5) is 0 Å². The Morgan fingerprint density at radius 1 is 1.30 bits per heavy atom. The van der Waals surface area contributed by atoms with Gasteiger partial charge in [-0.05, 0) is 43.7 Å². The Morgan fingerprint density at radius 3 is 2.85 bits per heavy atom. The second-order valence-corrected chi connectivity index (χ2v) is 6.40. The molecule has 0 aliphatic carbocycles. The molecule has 1 heterocycles. The minimum absolute atomic E-state index is 0.231. The molecule has 0 fully saturated rings. The third kappa shape index (κ3) is 3.56. The SMILES string of the molecule is C/C=C/CCNS(=O)(=O)c1ccc2nc(Cl)ccc2c1. The van der Waals surface area contributed by atoms with Crippen LogP contribution in [0.5, 0.6) is 0 Å². The van der Waals surface area contributed by atoms with Crippen molar-refractivity contribution >= 4 is 32.5 Å². The molecule has 0 spiro atoms. The minimum atomic E-state index is -3.49.